The summed E-state index contributed by atoms with van der Waals surface area (Å²) in [6, 6.07) is 14.4. The van der Waals surface area contributed by atoms with Gasteiger partial charge in [0.15, 0.2) is 0 Å². The van der Waals surface area contributed by atoms with E-state index in [4.69, 9.17) is 0 Å². The van der Waals surface area contributed by atoms with Crippen molar-refractivity contribution in [3.63, 3.8) is 0 Å². The molecular formula is C27H32N2O2. The average Bonchev–Trinajstić information content (AvgIpc) is 2.78. The standard InChI is InChI=1S/C27H32N2O2/c1-18-9-12-21(13-10-18)16-29(27(31)22-7-5-4-6-8-22)17-24-15-23-14-11-19(2)20(3)25(23)28-26(24)30/h9-15,22H,4-8,16-17H2,1-3H3,(H,28,30). The molecule has 0 aliphatic heterocycles. The number of aromatic amines is 1. The van der Waals surface area contributed by atoms with Crippen LogP contribution >= 0.6 is 0 Å². The highest BCUT2D eigenvalue weighted by Gasteiger charge is 2.27. The second-order valence-corrected chi connectivity index (χ2v) is 9.11. The Hall–Kier alpha value is -2.88. The molecule has 1 aliphatic rings. The maximum atomic E-state index is 13.5. The molecule has 0 saturated heterocycles. The van der Waals surface area contributed by atoms with Gasteiger partial charge in [-0.1, -0.05) is 61.2 Å². The first kappa shape index (κ1) is 21.4. The number of hydrogen-bond acceptors (Lipinski definition) is 2. The van der Waals surface area contributed by atoms with Crippen LogP contribution in [0.25, 0.3) is 10.9 Å². The quantitative estimate of drug-likeness (QED) is 0.592. The molecule has 1 saturated carbocycles. The van der Waals surface area contributed by atoms with E-state index in [1.54, 1.807) is 0 Å². The third-order valence-corrected chi connectivity index (χ3v) is 6.75. The van der Waals surface area contributed by atoms with Gasteiger partial charge in [-0.2, -0.15) is 0 Å². The van der Waals surface area contributed by atoms with Crippen molar-refractivity contribution in [2.24, 2.45) is 5.92 Å². The van der Waals surface area contributed by atoms with Gasteiger partial charge in [-0.05, 0) is 61.8 Å². The Labute approximate surface area is 184 Å². The minimum atomic E-state index is -0.105. The molecule has 1 fully saturated rings. The fourth-order valence-electron chi connectivity index (χ4n) is 4.63. The highest BCUT2D eigenvalue weighted by atomic mass is 16.2. The Morgan fingerprint density at radius 1 is 0.968 bits per heavy atom. The molecule has 0 radical (unpaired) electrons. The Balaban J connectivity index is 1.66. The molecular weight excluding hydrogens is 384 g/mol. The van der Waals surface area contributed by atoms with Gasteiger partial charge in [-0.3, -0.25) is 9.59 Å². The number of aryl methyl sites for hydroxylation is 3. The van der Waals surface area contributed by atoms with Crippen LogP contribution in [-0.4, -0.2) is 15.8 Å². The fraction of sp³-hybridized carbons (Fsp3) is 0.407. The van der Waals surface area contributed by atoms with Gasteiger partial charge in [0.2, 0.25) is 5.91 Å². The second kappa shape index (κ2) is 9.09. The summed E-state index contributed by atoms with van der Waals surface area (Å²) in [7, 11) is 0. The predicted molar refractivity (Wildman–Crippen MR) is 126 cm³/mol. The smallest absolute Gasteiger partial charge is 0.253 e. The minimum Gasteiger partial charge on any atom is -0.334 e. The fourth-order valence-corrected chi connectivity index (χ4v) is 4.63. The van der Waals surface area contributed by atoms with Gasteiger partial charge < -0.3 is 9.88 Å². The summed E-state index contributed by atoms with van der Waals surface area (Å²) in [5.41, 5.74) is 5.97. The molecule has 1 aromatic heterocycles. The Bertz CT molecular complexity index is 1140. The molecule has 1 heterocycles. The number of pyridine rings is 1. The molecule has 4 heteroatoms. The molecule has 0 spiro atoms. The Kier molecular flexibility index (Phi) is 6.26. The summed E-state index contributed by atoms with van der Waals surface area (Å²) in [6.45, 7) is 7.01. The molecule has 0 unspecified atom stereocenters. The van der Waals surface area contributed by atoms with Crippen LogP contribution in [-0.2, 0) is 17.9 Å². The van der Waals surface area contributed by atoms with Gasteiger partial charge in [-0.25, -0.2) is 0 Å². The van der Waals surface area contributed by atoms with Crippen molar-refractivity contribution in [1.29, 1.82) is 0 Å². The molecule has 31 heavy (non-hydrogen) atoms. The third-order valence-electron chi connectivity index (χ3n) is 6.75. The molecule has 3 aromatic rings. The monoisotopic (exact) mass is 416 g/mol. The molecule has 1 N–H and O–H groups in total. The maximum absolute atomic E-state index is 13.5. The summed E-state index contributed by atoms with van der Waals surface area (Å²) in [6.07, 6.45) is 5.35. The van der Waals surface area contributed by atoms with Crippen molar-refractivity contribution in [2.75, 3.05) is 0 Å². The van der Waals surface area contributed by atoms with Gasteiger partial charge >= 0.3 is 0 Å². The van der Waals surface area contributed by atoms with Gasteiger partial charge in [-0.15, -0.1) is 0 Å². The Morgan fingerprint density at radius 3 is 2.39 bits per heavy atom. The molecule has 2 aromatic carbocycles. The molecule has 4 nitrogen and oxygen atoms in total. The summed E-state index contributed by atoms with van der Waals surface area (Å²) < 4.78 is 0. The maximum Gasteiger partial charge on any atom is 0.253 e. The van der Waals surface area contributed by atoms with Crippen molar-refractivity contribution in [3.8, 4) is 0 Å². The van der Waals surface area contributed by atoms with Crippen LogP contribution < -0.4 is 5.56 Å². The Morgan fingerprint density at radius 2 is 1.68 bits per heavy atom. The van der Waals surface area contributed by atoms with Crippen molar-refractivity contribution < 1.29 is 4.79 Å². The number of nitrogens with zero attached hydrogens (tertiary/aromatic N) is 1. The number of rotatable bonds is 5. The zero-order chi connectivity index (χ0) is 22.0. The van der Waals surface area contributed by atoms with E-state index in [1.165, 1.54) is 12.0 Å². The molecule has 0 atom stereocenters. The lowest BCUT2D eigenvalue weighted by Gasteiger charge is -2.29. The minimum absolute atomic E-state index is 0.0728. The number of carbonyl (C=O) groups excluding carboxylic acids is 1. The lowest BCUT2D eigenvalue weighted by atomic mass is 9.88. The zero-order valence-electron chi connectivity index (χ0n) is 18.8. The van der Waals surface area contributed by atoms with E-state index in [1.807, 2.05) is 30.9 Å². The lowest BCUT2D eigenvalue weighted by molar-refractivity contribution is -0.137. The predicted octanol–water partition coefficient (Wildman–Crippen LogP) is 5.56. The van der Waals surface area contributed by atoms with Gasteiger partial charge in [0, 0.05) is 18.0 Å². The highest BCUT2D eigenvalue weighted by Crippen LogP contribution is 2.27. The van der Waals surface area contributed by atoms with Crippen LogP contribution in [0, 0.1) is 26.7 Å². The number of carbonyl (C=O) groups is 1. The SMILES string of the molecule is Cc1ccc(CN(Cc2cc3ccc(C)c(C)c3[nH]c2=O)C(=O)C2CCCCC2)cc1. The number of amides is 1. The number of aromatic nitrogens is 1. The zero-order valence-corrected chi connectivity index (χ0v) is 18.8. The number of H-pyrrole nitrogens is 1. The van der Waals surface area contributed by atoms with Gasteiger partial charge in [0.1, 0.15) is 0 Å². The highest BCUT2D eigenvalue weighted by molar-refractivity contribution is 5.83. The molecule has 1 aliphatic carbocycles. The van der Waals surface area contributed by atoms with E-state index in [-0.39, 0.29) is 17.4 Å². The van der Waals surface area contributed by atoms with E-state index in [9.17, 15) is 9.59 Å². The normalized spacial score (nSPS) is 14.7. The van der Waals surface area contributed by atoms with Crippen LogP contribution in [0.15, 0.2) is 47.3 Å². The average molecular weight is 417 g/mol. The van der Waals surface area contributed by atoms with Crippen molar-refractivity contribution in [3.05, 3.63) is 80.6 Å². The summed E-state index contributed by atoms with van der Waals surface area (Å²) in [4.78, 5) is 31.4. The van der Waals surface area contributed by atoms with Crippen LogP contribution in [0.3, 0.4) is 0 Å². The summed E-state index contributed by atoms with van der Waals surface area (Å²) in [5.74, 6) is 0.253. The van der Waals surface area contributed by atoms with Crippen LogP contribution in [0.5, 0.6) is 0 Å². The summed E-state index contributed by atoms with van der Waals surface area (Å²) in [5, 5.41) is 1.01. The van der Waals surface area contributed by atoms with E-state index < -0.39 is 0 Å². The molecule has 0 bridgehead atoms. The number of hydrogen-bond donors (Lipinski definition) is 1. The first-order chi connectivity index (χ1) is 14.9. The number of nitrogens with one attached hydrogen (secondary N) is 1. The van der Waals surface area contributed by atoms with Crippen LogP contribution in [0.4, 0.5) is 0 Å². The van der Waals surface area contributed by atoms with Crippen molar-refractivity contribution in [2.45, 2.75) is 66.0 Å². The van der Waals surface area contributed by atoms with E-state index in [0.29, 0.717) is 18.7 Å². The number of fused-ring (bicyclic) bond motifs is 1. The molecule has 4 rings (SSSR count). The second-order valence-electron chi connectivity index (χ2n) is 9.11. The molecule has 1 amide bonds. The van der Waals surface area contributed by atoms with E-state index in [2.05, 4.69) is 42.2 Å². The first-order valence-corrected chi connectivity index (χ1v) is 11.4. The van der Waals surface area contributed by atoms with Gasteiger partial charge in [0.25, 0.3) is 5.56 Å². The largest absolute Gasteiger partial charge is 0.334 e. The van der Waals surface area contributed by atoms with Crippen LogP contribution in [0.2, 0.25) is 0 Å². The van der Waals surface area contributed by atoms with E-state index >= 15 is 0 Å². The van der Waals surface area contributed by atoms with Crippen molar-refractivity contribution >= 4 is 16.8 Å². The third kappa shape index (κ3) is 4.73. The van der Waals surface area contributed by atoms with E-state index in [0.717, 1.165) is 53.3 Å². The first-order valence-electron chi connectivity index (χ1n) is 11.4. The topological polar surface area (TPSA) is 53.2 Å². The van der Waals surface area contributed by atoms with Crippen LogP contribution in [0.1, 0.15) is 59.9 Å². The molecule has 162 valence electrons. The lowest BCUT2D eigenvalue weighted by Crippen LogP contribution is -2.37. The van der Waals surface area contributed by atoms with Gasteiger partial charge in [0.05, 0.1) is 12.1 Å². The van der Waals surface area contributed by atoms with Crippen molar-refractivity contribution in [1.82, 2.24) is 9.88 Å². The summed E-state index contributed by atoms with van der Waals surface area (Å²) >= 11 is 0. The number of benzene rings is 2.